The maximum absolute atomic E-state index is 11.2. The molecule has 0 saturated heterocycles. The van der Waals surface area contributed by atoms with Crippen LogP contribution in [0.25, 0.3) is 0 Å². The molecule has 6 heteroatoms. The second-order valence-electron chi connectivity index (χ2n) is 3.16. The minimum absolute atomic E-state index is 0.0176. The van der Waals surface area contributed by atoms with E-state index in [0.717, 1.165) is 12.8 Å². The molecule has 15 heavy (non-hydrogen) atoms. The third-order valence-electron chi connectivity index (χ3n) is 1.90. The standard InChI is InChI=1S/C9H19N3O3/c1-3-7(4-2)12-9(14)5-11-15-6-8(10)13/h7,11H,3-6H2,1-2H3,(H2,10,13)(H,12,14). The topological polar surface area (TPSA) is 93.4 Å². The predicted octanol–water partition coefficient (Wildman–Crippen LogP) is -0.702. The zero-order chi connectivity index (χ0) is 11.7. The van der Waals surface area contributed by atoms with Crippen LogP contribution in [0.3, 0.4) is 0 Å². The van der Waals surface area contributed by atoms with Gasteiger partial charge < -0.3 is 11.1 Å². The number of rotatable bonds is 8. The first-order chi connectivity index (χ1) is 7.10. The van der Waals surface area contributed by atoms with Crippen LogP contribution in [0.5, 0.6) is 0 Å². The lowest BCUT2D eigenvalue weighted by Crippen LogP contribution is -2.40. The molecule has 0 fully saturated rings. The molecule has 0 radical (unpaired) electrons. The van der Waals surface area contributed by atoms with E-state index in [9.17, 15) is 9.59 Å². The normalized spacial score (nSPS) is 10.3. The molecule has 0 saturated carbocycles. The summed E-state index contributed by atoms with van der Waals surface area (Å²) < 4.78 is 0. The summed E-state index contributed by atoms with van der Waals surface area (Å²) in [5.74, 6) is -0.740. The molecule has 6 nitrogen and oxygen atoms in total. The number of carbonyl (C=O) groups is 2. The minimum Gasteiger partial charge on any atom is -0.368 e. The molecule has 0 atom stereocenters. The summed E-state index contributed by atoms with van der Waals surface area (Å²) in [4.78, 5) is 26.1. The first-order valence-electron chi connectivity index (χ1n) is 5.02. The fraction of sp³-hybridized carbons (Fsp3) is 0.778. The molecule has 0 aliphatic heterocycles. The SMILES string of the molecule is CCC(CC)NC(=O)CNOCC(N)=O. The summed E-state index contributed by atoms with van der Waals surface area (Å²) in [6.45, 7) is 3.79. The number of primary amides is 1. The lowest BCUT2D eigenvalue weighted by molar-refractivity contribution is -0.129. The Morgan fingerprint density at radius 2 is 1.93 bits per heavy atom. The molecule has 0 aromatic carbocycles. The van der Waals surface area contributed by atoms with Crippen LogP contribution in [0.4, 0.5) is 0 Å². The van der Waals surface area contributed by atoms with Crippen LogP contribution < -0.4 is 16.5 Å². The maximum Gasteiger partial charge on any atom is 0.245 e. The number of hydrogen-bond donors (Lipinski definition) is 3. The van der Waals surface area contributed by atoms with Crippen molar-refractivity contribution in [1.29, 1.82) is 0 Å². The van der Waals surface area contributed by atoms with Crippen molar-refractivity contribution in [3.05, 3.63) is 0 Å². The van der Waals surface area contributed by atoms with Crippen LogP contribution >= 0.6 is 0 Å². The lowest BCUT2D eigenvalue weighted by atomic mass is 10.2. The Labute approximate surface area is 89.5 Å². The highest BCUT2D eigenvalue weighted by Crippen LogP contribution is 1.94. The van der Waals surface area contributed by atoms with Crippen molar-refractivity contribution in [1.82, 2.24) is 10.8 Å². The van der Waals surface area contributed by atoms with Gasteiger partial charge in [-0.2, -0.15) is 5.48 Å². The van der Waals surface area contributed by atoms with Crippen LogP contribution in [0, 0.1) is 0 Å². The van der Waals surface area contributed by atoms with Gasteiger partial charge in [0.1, 0.15) is 6.61 Å². The van der Waals surface area contributed by atoms with Crippen LogP contribution in [0.1, 0.15) is 26.7 Å². The molecule has 0 aromatic heterocycles. The van der Waals surface area contributed by atoms with Gasteiger partial charge in [-0.05, 0) is 12.8 Å². The zero-order valence-corrected chi connectivity index (χ0v) is 9.21. The van der Waals surface area contributed by atoms with Gasteiger partial charge in [-0.3, -0.25) is 14.4 Å². The third-order valence-corrected chi connectivity index (χ3v) is 1.90. The van der Waals surface area contributed by atoms with E-state index in [1.807, 2.05) is 13.8 Å². The molecule has 0 heterocycles. The highest BCUT2D eigenvalue weighted by atomic mass is 16.6. The summed E-state index contributed by atoms with van der Waals surface area (Å²) in [5.41, 5.74) is 7.19. The molecule has 4 N–H and O–H groups in total. The van der Waals surface area contributed by atoms with E-state index in [4.69, 9.17) is 5.73 Å². The Morgan fingerprint density at radius 1 is 1.33 bits per heavy atom. The molecule has 0 bridgehead atoms. The van der Waals surface area contributed by atoms with Crippen molar-refractivity contribution < 1.29 is 14.4 Å². The first-order valence-corrected chi connectivity index (χ1v) is 5.02. The maximum atomic E-state index is 11.2. The molecule has 0 spiro atoms. The van der Waals surface area contributed by atoms with Crippen molar-refractivity contribution in [3.8, 4) is 0 Å². The van der Waals surface area contributed by atoms with Gasteiger partial charge in [-0.1, -0.05) is 13.8 Å². The molecule has 2 amide bonds. The lowest BCUT2D eigenvalue weighted by Gasteiger charge is -2.14. The molecule has 0 aromatic rings. The highest BCUT2D eigenvalue weighted by Gasteiger charge is 2.07. The van der Waals surface area contributed by atoms with Crippen molar-refractivity contribution in [2.75, 3.05) is 13.2 Å². The molecule has 88 valence electrons. The number of nitrogens with two attached hydrogens (primary N) is 1. The number of hydroxylamine groups is 1. The second-order valence-corrected chi connectivity index (χ2v) is 3.16. The van der Waals surface area contributed by atoms with Gasteiger partial charge in [0.15, 0.2) is 0 Å². The average Bonchev–Trinajstić information content (AvgIpc) is 2.20. The van der Waals surface area contributed by atoms with E-state index in [-0.39, 0.29) is 25.1 Å². The second kappa shape index (κ2) is 8.19. The largest absolute Gasteiger partial charge is 0.368 e. The molecule has 0 unspecified atom stereocenters. The fourth-order valence-corrected chi connectivity index (χ4v) is 1.01. The summed E-state index contributed by atoms with van der Waals surface area (Å²) in [6.07, 6.45) is 1.79. The molecule has 0 rings (SSSR count). The number of amides is 2. The Hall–Kier alpha value is -1.14. The first kappa shape index (κ1) is 13.9. The van der Waals surface area contributed by atoms with E-state index < -0.39 is 5.91 Å². The van der Waals surface area contributed by atoms with Crippen molar-refractivity contribution in [3.63, 3.8) is 0 Å². The Bertz CT molecular complexity index is 205. The minimum atomic E-state index is -0.581. The predicted molar refractivity (Wildman–Crippen MR) is 55.7 cm³/mol. The molecular formula is C9H19N3O3. The Kier molecular flexibility index (Phi) is 7.57. The molecular weight excluding hydrogens is 198 g/mol. The smallest absolute Gasteiger partial charge is 0.245 e. The van der Waals surface area contributed by atoms with Gasteiger partial charge in [-0.15, -0.1) is 0 Å². The van der Waals surface area contributed by atoms with Crippen molar-refractivity contribution >= 4 is 11.8 Å². The summed E-state index contributed by atoms with van der Waals surface area (Å²) in [6, 6.07) is 0.190. The average molecular weight is 217 g/mol. The van der Waals surface area contributed by atoms with Gasteiger partial charge >= 0.3 is 0 Å². The van der Waals surface area contributed by atoms with Crippen LogP contribution in [0.15, 0.2) is 0 Å². The summed E-state index contributed by atoms with van der Waals surface area (Å²) in [5, 5.41) is 2.81. The van der Waals surface area contributed by atoms with Crippen LogP contribution in [-0.2, 0) is 14.4 Å². The van der Waals surface area contributed by atoms with Gasteiger partial charge in [0.25, 0.3) is 0 Å². The summed E-state index contributed by atoms with van der Waals surface area (Å²) in [7, 11) is 0. The third kappa shape index (κ3) is 7.90. The van der Waals surface area contributed by atoms with E-state index in [2.05, 4.69) is 15.6 Å². The number of hydrogen-bond acceptors (Lipinski definition) is 4. The van der Waals surface area contributed by atoms with Crippen molar-refractivity contribution in [2.24, 2.45) is 5.73 Å². The van der Waals surface area contributed by atoms with Gasteiger partial charge in [0.05, 0.1) is 6.54 Å². The highest BCUT2D eigenvalue weighted by molar-refractivity contribution is 5.78. The zero-order valence-electron chi connectivity index (χ0n) is 9.21. The molecule has 0 aliphatic carbocycles. The van der Waals surface area contributed by atoms with Gasteiger partial charge in [-0.25, -0.2) is 0 Å². The van der Waals surface area contributed by atoms with Crippen LogP contribution in [0.2, 0.25) is 0 Å². The Balaban J connectivity index is 3.52. The van der Waals surface area contributed by atoms with Crippen LogP contribution in [-0.4, -0.2) is 31.0 Å². The quantitative estimate of drug-likeness (QED) is 0.370. The Morgan fingerprint density at radius 3 is 2.40 bits per heavy atom. The van der Waals surface area contributed by atoms with Gasteiger partial charge in [0.2, 0.25) is 11.8 Å². The fourth-order valence-electron chi connectivity index (χ4n) is 1.01. The monoisotopic (exact) mass is 217 g/mol. The van der Waals surface area contributed by atoms with E-state index >= 15 is 0 Å². The van der Waals surface area contributed by atoms with E-state index in [1.54, 1.807) is 0 Å². The summed E-state index contributed by atoms with van der Waals surface area (Å²) >= 11 is 0. The number of carbonyl (C=O) groups excluding carboxylic acids is 2. The van der Waals surface area contributed by atoms with Gasteiger partial charge in [0, 0.05) is 6.04 Å². The van der Waals surface area contributed by atoms with E-state index in [1.165, 1.54) is 0 Å². The van der Waals surface area contributed by atoms with Crippen molar-refractivity contribution in [2.45, 2.75) is 32.7 Å². The van der Waals surface area contributed by atoms with E-state index in [0.29, 0.717) is 0 Å². The number of nitrogens with one attached hydrogen (secondary N) is 2. The molecule has 0 aliphatic rings.